The Morgan fingerprint density at radius 3 is 2.36 bits per heavy atom. The highest BCUT2D eigenvalue weighted by molar-refractivity contribution is 9.10. The quantitative estimate of drug-likeness (QED) is 0.0675. The number of hydrogen-bond donors (Lipinski definition) is 3. The second-order valence-electron chi connectivity index (χ2n) is 20.5. The maximum atomic E-state index is 14.6. The standard InChI is InChI=1S/C55H66BrN10O5P/c1-4-35-32-43(60-54-57-34-40(56)51(62-54)59-42-15-14-41-39(13-12-37(5-2)58-41)50(42)72(70)30-7-8-31-72)47(71-6-3)33-46(35)65-24-19-38(20-25-65)64-28-26-63(27-29-64)23-18-36-10-9-11-44-49(36)55(21-22-55)53(69)66(44)45-16-17-48(67)61-52(45)68/h9-15,32-34,38,45H,4-8,16-31H2,1-3H3,(H,61,67,68)(H2,57,59,60,62). The van der Waals surface area contributed by atoms with E-state index in [1.165, 1.54) is 16.8 Å². The number of carbonyl (C=O) groups is 3. The summed E-state index contributed by atoms with van der Waals surface area (Å²) in [7, 11) is -2.65. The molecule has 6 aliphatic rings. The highest BCUT2D eigenvalue weighted by Gasteiger charge is 2.62. The Hall–Kier alpha value is -5.41. The molecule has 15 nitrogen and oxygen atoms in total. The van der Waals surface area contributed by atoms with Gasteiger partial charge in [0.15, 0.2) is 0 Å². The lowest BCUT2D eigenvalue weighted by Crippen LogP contribution is -2.54. The number of benzene rings is 3. The van der Waals surface area contributed by atoms with E-state index in [1.54, 1.807) is 11.1 Å². The summed E-state index contributed by atoms with van der Waals surface area (Å²) in [4.78, 5) is 62.8. The number of nitrogens with one attached hydrogen (secondary N) is 3. The number of pyridine rings is 1. The molecule has 11 rings (SSSR count). The van der Waals surface area contributed by atoms with Gasteiger partial charge in [-0.1, -0.05) is 32.0 Å². The van der Waals surface area contributed by atoms with Gasteiger partial charge in [0.1, 0.15) is 24.8 Å². The number of imide groups is 1. The molecule has 72 heavy (non-hydrogen) atoms. The van der Waals surface area contributed by atoms with Gasteiger partial charge in [-0.2, -0.15) is 4.98 Å². The Bertz CT molecular complexity index is 2980. The Morgan fingerprint density at radius 2 is 1.64 bits per heavy atom. The summed E-state index contributed by atoms with van der Waals surface area (Å²) in [6.07, 6.45) is 12.0. The maximum Gasteiger partial charge on any atom is 0.249 e. The Labute approximate surface area is 430 Å². The van der Waals surface area contributed by atoms with Crippen LogP contribution >= 0.6 is 23.1 Å². The van der Waals surface area contributed by atoms with Crippen molar-refractivity contribution >= 4 is 91.5 Å². The van der Waals surface area contributed by atoms with Crippen molar-refractivity contribution in [3.05, 3.63) is 87.7 Å². The molecule has 3 amide bonds. The van der Waals surface area contributed by atoms with Crippen LogP contribution in [0.15, 0.2) is 65.3 Å². The molecule has 1 saturated carbocycles. The molecule has 1 aliphatic carbocycles. The minimum atomic E-state index is -2.65. The molecule has 17 heteroatoms. The first-order chi connectivity index (χ1) is 35.0. The van der Waals surface area contributed by atoms with E-state index in [0.717, 1.165) is 154 Å². The van der Waals surface area contributed by atoms with Crippen LogP contribution in [-0.2, 0) is 43.6 Å². The molecule has 3 N–H and O–H groups in total. The van der Waals surface area contributed by atoms with Crippen molar-refractivity contribution in [1.29, 1.82) is 0 Å². The zero-order chi connectivity index (χ0) is 49.7. The normalized spacial score (nSPS) is 21.1. The van der Waals surface area contributed by atoms with Crippen molar-refractivity contribution in [2.24, 2.45) is 0 Å². The van der Waals surface area contributed by atoms with Crippen LogP contribution < -0.4 is 35.8 Å². The van der Waals surface area contributed by atoms with Gasteiger partial charge in [0, 0.05) is 111 Å². The summed E-state index contributed by atoms with van der Waals surface area (Å²) in [5.41, 5.74) is 8.61. The van der Waals surface area contributed by atoms with Crippen LogP contribution in [0.25, 0.3) is 10.9 Å². The molecule has 378 valence electrons. The van der Waals surface area contributed by atoms with Gasteiger partial charge in [-0.15, -0.1) is 0 Å². The second kappa shape index (κ2) is 20.1. The van der Waals surface area contributed by atoms with Crippen LogP contribution in [0.1, 0.15) is 94.5 Å². The molecule has 5 aliphatic heterocycles. The Kier molecular flexibility index (Phi) is 13.7. The van der Waals surface area contributed by atoms with Gasteiger partial charge in [-0.3, -0.25) is 34.5 Å². The van der Waals surface area contributed by atoms with Gasteiger partial charge in [-0.25, -0.2) is 4.98 Å². The van der Waals surface area contributed by atoms with Crippen molar-refractivity contribution in [2.75, 3.05) is 85.2 Å². The fourth-order valence-electron chi connectivity index (χ4n) is 12.3. The summed E-state index contributed by atoms with van der Waals surface area (Å²) in [6.45, 7) is 13.8. The lowest BCUT2D eigenvalue weighted by atomic mass is 9.91. The molecule has 0 bridgehead atoms. The first-order valence-electron chi connectivity index (χ1n) is 26.4. The molecule has 5 fully saturated rings. The van der Waals surface area contributed by atoms with Gasteiger partial charge >= 0.3 is 0 Å². The number of hydrogen-bond acceptors (Lipinski definition) is 13. The van der Waals surface area contributed by atoms with E-state index in [-0.39, 0.29) is 24.1 Å². The third kappa shape index (κ3) is 9.19. The minimum absolute atomic E-state index is 0.0278. The molecule has 7 heterocycles. The van der Waals surface area contributed by atoms with Gasteiger partial charge in [0.05, 0.1) is 33.4 Å². The highest BCUT2D eigenvalue weighted by Crippen LogP contribution is 2.59. The number of ether oxygens (including phenoxy) is 1. The summed E-state index contributed by atoms with van der Waals surface area (Å²) in [6, 6.07) is 18.6. The summed E-state index contributed by atoms with van der Waals surface area (Å²) in [5, 5.41) is 11.3. The first kappa shape index (κ1) is 48.8. The maximum absolute atomic E-state index is 14.6. The fraction of sp³-hybridized carbons (Fsp3) is 0.491. The van der Waals surface area contributed by atoms with Crippen molar-refractivity contribution in [3.63, 3.8) is 0 Å². The summed E-state index contributed by atoms with van der Waals surface area (Å²) >= 11 is 3.70. The summed E-state index contributed by atoms with van der Waals surface area (Å²) in [5.74, 6) is 1.15. The van der Waals surface area contributed by atoms with E-state index >= 15 is 0 Å². The van der Waals surface area contributed by atoms with E-state index in [9.17, 15) is 18.9 Å². The number of aryl methyl sites for hydroxylation is 2. The van der Waals surface area contributed by atoms with Crippen LogP contribution in [0.5, 0.6) is 5.75 Å². The lowest BCUT2D eigenvalue weighted by molar-refractivity contribution is -0.135. The fourth-order valence-corrected chi connectivity index (χ4v) is 15.9. The molecule has 0 radical (unpaired) electrons. The topological polar surface area (TPSA) is 165 Å². The molecule has 5 aromatic rings. The number of halogens is 1. The monoisotopic (exact) mass is 1060 g/mol. The molecule has 4 saturated heterocycles. The third-order valence-electron chi connectivity index (χ3n) is 16.3. The number of piperidine rings is 2. The predicted octanol–water partition coefficient (Wildman–Crippen LogP) is 8.59. The van der Waals surface area contributed by atoms with E-state index < -0.39 is 18.6 Å². The Morgan fingerprint density at radius 1 is 0.847 bits per heavy atom. The largest absolute Gasteiger partial charge is 0.492 e. The first-order valence-corrected chi connectivity index (χ1v) is 29.2. The number of rotatable bonds is 15. The molecule has 1 unspecified atom stereocenters. The zero-order valence-electron chi connectivity index (χ0n) is 41.8. The number of anilines is 6. The number of carbonyl (C=O) groups excluding carboxylic acids is 3. The third-order valence-corrected chi connectivity index (χ3v) is 20.2. The molecular weight excluding hydrogens is 992 g/mol. The van der Waals surface area contributed by atoms with Gasteiger partial charge in [0.25, 0.3) is 0 Å². The van der Waals surface area contributed by atoms with Crippen LogP contribution in [0.4, 0.5) is 34.5 Å². The zero-order valence-corrected chi connectivity index (χ0v) is 44.3. The minimum Gasteiger partial charge on any atom is -0.492 e. The van der Waals surface area contributed by atoms with Crippen molar-refractivity contribution in [3.8, 4) is 5.75 Å². The van der Waals surface area contributed by atoms with Gasteiger partial charge < -0.3 is 29.7 Å². The molecule has 1 spiro atoms. The molecule has 2 aromatic heterocycles. The van der Waals surface area contributed by atoms with Crippen LogP contribution in [0, 0.1) is 0 Å². The predicted molar refractivity (Wildman–Crippen MR) is 289 cm³/mol. The van der Waals surface area contributed by atoms with Gasteiger partial charge in [-0.05, 0) is 134 Å². The van der Waals surface area contributed by atoms with Crippen molar-refractivity contribution < 1.29 is 23.7 Å². The average Bonchev–Trinajstić information content (AvgIpc) is 4.02. The van der Waals surface area contributed by atoms with E-state index in [4.69, 9.17) is 14.7 Å². The highest BCUT2D eigenvalue weighted by atomic mass is 79.9. The molecule has 1 atom stereocenters. The van der Waals surface area contributed by atoms with Crippen LogP contribution in [0.3, 0.4) is 0 Å². The second-order valence-corrected chi connectivity index (χ2v) is 24.5. The van der Waals surface area contributed by atoms with Crippen LogP contribution in [0.2, 0.25) is 0 Å². The SMILES string of the molecule is CCOc1cc(N2CCC(N3CCN(CCc4cccc5c4C4(CC4)C(=O)N5C4CCC(=O)NC4=O)CC3)CC2)c(CC)cc1Nc1ncc(Br)c(Nc2ccc3nc(CC)ccc3c2P2(=O)CCCC2)n1. The van der Waals surface area contributed by atoms with E-state index in [2.05, 4.69) is 95.7 Å². The van der Waals surface area contributed by atoms with Gasteiger partial charge in [0.2, 0.25) is 23.7 Å². The smallest absolute Gasteiger partial charge is 0.249 e. The average molecular weight is 1060 g/mol. The molecular formula is C55H66BrN10O5P. The van der Waals surface area contributed by atoms with Crippen molar-refractivity contribution in [1.82, 2.24) is 30.1 Å². The van der Waals surface area contributed by atoms with Crippen molar-refractivity contribution in [2.45, 2.75) is 109 Å². The van der Waals surface area contributed by atoms with Crippen LogP contribution in [-0.4, -0.2) is 119 Å². The van der Waals surface area contributed by atoms with E-state index in [1.807, 2.05) is 31.2 Å². The molecule has 3 aromatic carbocycles. The number of amides is 3. The number of piperazine rings is 1. The number of fused-ring (bicyclic) bond motifs is 3. The number of aromatic nitrogens is 3. The Balaban J connectivity index is 0.727. The van der Waals surface area contributed by atoms with E-state index in [0.29, 0.717) is 47.6 Å². The summed E-state index contributed by atoms with van der Waals surface area (Å²) < 4.78 is 21.6. The number of nitrogens with zero attached hydrogens (tertiary/aromatic N) is 7. The lowest BCUT2D eigenvalue weighted by Gasteiger charge is -2.43.